The first-order valence-corrected chi connectivity index (χ1v) is 12.4. The van der Waals surface area contributed by atoms with E-state index in [1.54, 1.807) is 18.2 Å². The van der Waals surface area contributed by atoms with Crippen LogP contribution in [0.5, 0.6) is 5.75 Å². The van der Waals surface area contributed by atoms with E-state index in [2.05, 4.69) is 33.9 Å². The lowest BCUT2D eigenvalue weighted by Gasteiger charge is -2.37. The molecule has 0 aliphatic carbocycles. The maximum atomic E-state index is 12.3. The van der Waals surface area contributed by atoms with Crippen molar-refractivity contribution < 1.29 is 17.0 Å². The number of hydrogen-bond donors (Lipinski definition) is 0. The van der Waals surface area contributed by atoms with E-state index in [1.807, 2.05) is 13.8 Å². The Morgan fingerprint density at radius 1 is 1.17 bits per heavy atom. The van der Waals surface area contributed by atoms with E-state index in [1.165, 1.54) is 0 Å². The molecule has 1 rings (SSSR count). The highest BCUT2D eigenvalue weighted by molar-refractivity contribution is 7.86. The van der Waals surface area contributed by atoms with E-state index >= 15 is 0 Å². The zero-order valence-corrected chi connectivity index (χ0v) is 17.2. The standard InChI is InChI=1S/C17H30O4SSi/c1-8-9-12-20-22(18,19)15-11-10-14(2)16(13-15)21-23(6,7)17(3,4)5/h10-11,13H,8-9,12H2,1-7H3. The molecule has 1 aromatic carbocycles. The Balaban J connectivity index is 3.09. The van der Waals surface area contributed by atoms with Crippen LogP contribution in [0, 0.1) is 6.92 Å². The molecular formula is C17H30O4SSi. The molecule has 0 amide bonds. The number of benzene rings is 1. The van der Waals surface area contributed by atoms with Gasteiger partial charge in [-0.05, 0) is 43.1 Å². The number of aryl methyl sites for hydroxylation is 1. The van der Waals surface area contributed by atoms with Gasteiger partial charge in [-0.15, -0.1) is 0 Å². The molecular weight excluding hydrogens is 328 g/mol. The summed E-state index contributed by atoms with van der Waals surface area (Å²) in [6.07, 6.45) is 1.61. The lowest BCUT2D eigenvalue weighted by atomic mass is 10.2. The van der Waals surface area contributed by atoms with Gasteiger partial charge in [-0.1, -0.05) is 40.2 Å². The topological polar surface area (TPSA) is 52.6 Å². The minimum Gasteiger partial charge on any atom is -0.543 e. The Kier molecular flexibility index (Phi) is 6.46. The molecule has 0 aliphatic heterocycles. The molecule has 6 heteroatoms. The van der Waals surface area contributed by atoms with Crippen LogP contribution in [-0.4, -0.2) is 23.3 Å². The maximum absolute atomic E-state index is 12.3. The summed E-state index contributed by atoms with van der Waals surface area (Å²) in [5.74, 6) is 0.636. The summed E-state index contributed by atoms with van der Waals surface area (Å²) < 4.78 is 35.9. The van der Waals surface area contributed by atoms with Gasteiger partial charge in [-0.3, -0.25) is 4.18 Å². The Bertz CT molecular complexity index is 630. The van der Waals surface area contributed by atoms with E-state index in [4.69, 9.17) is 8.61 Å². The molecule has 23 heavy (non-hydrogen) atoms. The van der Waals surface area contributed by atoms with Crippen LogP contribution >= 0.6 is 0 Å². The van der Waals surface area contributed by atoms with Gasteiger partial charge in [0.1, 0.15) is 5.75 Å². The SMILES string of the molecule is CCCCOS(=O)(=O)c1ccc(C)c(O[Si](C)(C)C(C)(C)C)c1. The predicted molar refractivity (Wildman–Crippen MR) is 97.0 cm³/mol. The van der Waals surface area contributed by atoms with Crippen molar-refractivity contribution in [1.29, 1.82) is 0 Å². The fraction of sp³-hybridized carbons (Fsp3) is 0.647. The van der Waals surface area contributed by atoms with Crippen LogP contribution in [0.1, 0.15) is 46.1 Å². The zero-order valence-electron chi connectivity index (χ0n) is 15.4. The van der Waals surface area contributed by atoms with Gasteiger partial charge in [-0.25, -0.2) is 0 Å². The summed E-state index contributed by atoms with van der Waals surface area (Å²) in [6.45, 7) is 14.9. The number of rotatable bonds is 7. The predicted octanol–water partition coefficient (Wildman–Crippen LogP) is 4.88. The Morgan fingerprint density at radius 3 is 2.30 bits per heavy atom. The van der Waals surface area contributed by atoms with Crippen molar-refractivity contribution in [3.63, 3.8) is 0 Å². The lowest BCUT2D eigenvalue weighted by Crippen LogP contribution is -2.44. The molecule has 0 spiro atoms. The minimum absolute atomic E-state index is 0.0476. The third-order valence-corrected chi connectivity index (χ3v) is 10.0. The van der Waals surface area contributed by atoms with Crippen LogP contribution in [0.2, 0.25) is 18.1 Å². The van der Waals surface area contributed by atoms with Crippen molar-refractivity contribution in [3.8, 4) is 5.75 Å². The van der Waals surface area contributed by atoms with E-state index in [9.17, 15) is 8.42 Å². The average Bonchev–Trinajstić information content (AvgIpc) is 2.39. The second kappa shape index (κ2) is 7.36. The first-order chi connectivity index (χ1) is 10.4. The quantitative estimate of drug-likeness (QED) is 0.396. The molecule has 0 heterocycles. The van der Waals surface area contributed by atoms with Gasteiger partial charge in [0.2, 0.25) is 8.32 Å². The van der Waals surface area contributed by atoms with Gasteiger partial charge in [0.05, 0.1) is 11.5 Å². The van der Waals surface area contributed by atoms with Crippen LogP contribution < -0.4 is 4.43 Å². The third kappa shape index (κ3) is 5.33. The molecule has 0 unspecified atom stereocenters. The second-order valence-electron chi connectivity index (χ2n) is 7.42. The normalized spacial score (nSPS) is 13.2. The van der Waals surface area contributed by atoms with Gasteiger partial charge >= 0.3 is 0 Å². The molecule has 4 nitrogen and oxygen atoms in total. The lowest BCUT2D eigenvalue weighted by molar-refractivity contribution is 0.310. The van der Waals surface area contributed by atoms with Gasteiger partial charge in [0, 0.05) is 6.07 Å². The molecule has 0 aromatic heterocycles. The smallest absolute Gasteiger partial charge is 0.297 e. The van der Waals surface area contributed by atoms with Crippen LogP contribution in [-0.2, 0) is 14.3 Å². The van der Waals surface area contributed by atoms with Crippen molar-refractivity contribution in [2.24, 2.45) is 0 Å². The van der Waals surface area contributed by atoms with Crippen LogP contribution in [0.25, 0.3) is 0 Å². The molecule has 132 valence electrons. The first-order valence-electron chi connectivity index (χ1n) is 8.10. The van der Waals surface area contributed by atoms with E-state index in [-0.39, 0.29) is 16.5 Å². The fourth-order valence-corrected chi connectivity index (χ4v) is 3.69. The summed E-state index contributed by atoms with van der Waals surface area (Å²) in [5, 5.41) is 0.0476. The Labute approximate surface area is 142 Å². The van der Waals surface area contributed by atoms with Gasteiger partial charge in [-0.2, -0.15) is 8.42 Å². The van der Waals surface area contributed by atoms with Gasteiger partial charge in [0.25, 0.3) is 10.1 Å². The molecule has 0 fully saturated rings. The maximum Gasteiger partial charge on any atom is 0.297 e. The monoisotopic (exact) mass is 358 g/mol. The summed E-state index contributed by atoms with van der Waals surface area (Å²) in [7, 11) is -5.75. The van der Waals surface area contributed by atoms with Crippen LogP contribution in [0.3, 0.4) is 0 Å². The molecule has 0 bridgehead atoms. The molecule has 0 N–H and O–H groups in total. The Morgan fingerprint density at radius 2 is 1.78 bits per heavy atom. The molecule has 1 aromatic rings. The number of unbranched alkanes of at least 4 members (excludes halogenated alkanes) is 1. The highest BCUT2D eigenvalue weighted by Crippen LogP contribution is 2.38. The summed E-state index contributed by atoms with van der Waals surface area (Å²) in [6, 6.07) is 4.95. The second-order valence-corrected chi connectivity index (χ2v) is 13.8. The van der Waals surface area contributed by atoms with Crippen LogP contribution in [0.4, 0.5) is 0 Å². The average molecular weight is 359 g/mol. The fourth-order valence-electron chi connectivity index (χ4n) is 1.65. The summed E-state index contributed by atoms with van der Waals surface area (Å²) in [4.78, 5) is 0.160. The highest BCUT2D eigenvalue weighted by Gasteiger charge is 2.39. The zero-order chi connectivity index (χ0) is 17.9. The van der Waals surface area contributed by atoms with E-state index in [0.29, 0.717) is 5.75 Å². The molecule has 0 aliphatic rings. The molecule has 0 saturated heterocycles. The van der Waals surface area contributed by atoms with Gasteiger partial charge < -0.3 is 4.43 Å². The van der Waals surface area contributed by atoms with Crippen molar-refractivity contribution in [1.82, 2.24) is 0 Å². The van der Waals surface area contributed by atoms with Gasteiger partial charge in [0.15, 0.2) is 0 Å². The van der Waals surface area contributed by atoms with Crippen molar-refractivity contribution in [3.05, 3.63) is 23.8 Å². The third-order valence-electron chi connectivity index (χ3n) is 4.36. The van der Waals surface area contributed by atoms with Crippen molar-refractivity contribution in [2.75, 3.05) is 6.61 Å². The summed E-state index contributed by atoms with van der Waals surface area (Å²) >= 11 is 0. The van der Waals surface area contributed by atoms with Crippen molar-refractivity contribution >= 4 is 18.4 Å². The molecule has 0 saturated carbocycles. The highest BCUT2D eigenvalue weighted by atomic mass is 32.2. The van der Waals surface area contributed by atoms with E-state index < -0.39 is 18.4 Å². The van der Waals surface area contributed by atoms with E-state index in [0.717, 1.165) is 18.4 Å². The van der Waals surface area contributed by atoms with Crippen molar-refractivity contribution in [2.45, 2.75) is 70.5 Å². The first kappa shape index (κ1) is 20.2. The Hall–Kier alpha value is -0.853. The van der Waals surface area contributed by atoms with Crippen LogP contribution in [0.15, 0.2) is 23.1 Å². The molecule has 0 radical (unpaired) electrons. The minimum atomic E-state index is -3.73. The molecule has 0 atom stereocenters. The largest absolute Gasteiger partial charge is 0.543 e. The number of hydrogen-bond acceptors (Lipinski definition) is 4. The summed E-state index contributed by atoms with van der Waals surface area (Å²) in [5.41, 5.74) is 0.933.